The van der Waals surface area contributed by atoms with Crippen molar-refractivity contribution in [2.75, 3.05) is 6.54 Å². The molecule has 0 aliphatic carbocycles. The highest BCUT2D eigenvalue weighted by Gasteiger charge is 2.17. The molecule has 4 nitrogen and oxygen atoms in total. The third-order valence-electron chi connectivity index (χ3n) is 1.37. The van der Waals surface area contributed by atoms with Gasteiger partial charge in [0.25, 0.3) is 0 Å². The number of nitrogens with one attached hydrogen (secondary N) is 1. The van der Waals surface area contributed by atoms with E-state index in [2.05, 4.69) is 5.48 Å². The molecule has 0 fully saturated rings. The molecule has 0 aromatic carbocycles. The number of amides is 1. The molecule has 0 bridgehead atoms. The predicted octanol–water partition coefficient (Wildman–Crippen LogP) is 0.182. The zero-order valence-electron chi connectivity index (χ0n) is 7.09. The first-order valence-electron chi connectivity index (χ1n) is 3.69. The van der Waals surface area contributed by atoms with Crippen LogP contribution in [0.25, 0.3) is 0 Å². The van der Waals surface area contributed by atoms with Crippen LogP contribution in [0.15, 0.2) is 0 Å². The first-order chi connectivity index (χ1) is 5.12. The minimum Gasteiger partial charge on any atom is -0.330 e. The molecule has 0 rings (SSSR count). The van der Waals surface area contributed by atoms with Gasteiger partial charge in [-0.3, -0.25) is 9.63 Å². The smallest absolute Gasteiger partial charge is 0.230 e. The van der Waals surface area contributed by atoms with Gasteiger partial charge in [-0.25, -0.2) is 5.48 Å². The van der Waals surface area contributed by atoms with Gasteiger partial charge in [-0.2, -0.15) is 0 Å². The molecule has 0 saturated carbocycles. The minimum atomic E-state index is -0.319. The zero-order chi connectivity index (χ0) is 8.74. The number of rotatable bonds is 6. The summed E-state index contributed by atoms with van der Waals surface area (Å²) in [6, 6.07) is 0. The second kappa shape index (κ2) is 5.09. The van der Waals surface area contributed by atoms with Crippen molar-refractivity contribution in [1.29, 1.82) is 0 Å². The van der Waals surface area contributed by atoms with Gasteiger partial charge >= 0.3 is 0 Å². The Kier molecular flexibility index (Phi) is 4.81. The number of carbonyl (C=O) groups is 1. The van der Waals surface area contributed by atoms with Gasteiger partial charge in [0.05, 0.1) is 5.60 Å². The van der Waals surface area contributed by atoms with Crippen molar-refractivity contribution < 1.29 is 9.63 Å². The molecule has 66 valence electrons. The van der Waals surface area contributed by atoms with Crippen LogP contribution in [0, 0.1) is 0 Å². The van der Waals surface area contributed by atoms with E-state index in [4.69, 9.17) is 10.6 Å². The largest absolute Gasteiger partial charge is 0.330 e. The predicted molar refractivity (Wildman–Crippen MR) is 42.7 cm³/mol. The Hall–Kier alpha value is -0.610. The highest BCUT2D eigenvalue weighted by Crippen LogP contribution is 2.13. The molecule has 0 radical (unpaired) electrons. The van der Waals surface area contributed by atoms with Crippen LogP contribution in [0.5, 0.6) is 0 Å². The van der Waals surface area contributed by atoms with Crippen LogP contribution in [-0.4, -0.2) is 18.6 Å². The number of hydrogen-bond donors (Lipinski definition) is 2. The molecule has 11 heavy (non-hydrogen) atoms. The van der Waals surface area contributed by atoms with Gasteiger partial charge in [-0.1, -0.05) is 0 Å². The lowest BCUT2D eigenvalue weighted by Gasteiger charge is -2.22. The summed E-state index contributed by atoms with van der Waals surface area (Å²) in [5.41, 5.74) is 7.18. The summed E-state index contributed by atoms with van der Waals surface area (Å²) in [7, 11) is 0. The standard InChI is InChI=1S/C7H16N2O2/c1-7(2,4-3-5-8)11-9-6-10/h6H,3-5,8H2,1-2H3,(H,9,10). The van der Waals surface area contributed by atoms with E-state index in [1.807, 2.05) is 13.8 Å². The average molecular weight is 160 g/mol. The van der Waals surface area contributed by atoms with E-state index in [1.54, 1.807) is 0 Å². The van der Waals surface area contributed by atoms with Crippen molar-refractivity contribution >= 4 is 6.41 Å². The van der Waals surface area contributed by atoms with E-state index in [0.717, 1.165) is 12.8 Å². The van der Waals surface area contributed by atoms with Crippen LogP contribution in [0.4, 0.5) is 0 Å². The van der Waals surface area contributed by atoms with Crippen molar-refractivity contribution in [1.82, 2.24) is 5.48 Å². The van der Waals surface area contributed by atoms with Crippen molar-refractivity contribution in [3.63, 3.8) is 0 Å². The Labute approximate surface area is 67.0 Å². The zero-order valence-corrected chi connectivity index (χ0v) is 7.09. The number of hydroxylamine groups is 1. The van der Waals surface area contributed by atoms with Crippen LogP contribution >= 0.6 is 0 Å². The molecule has 4 heteroatoms. The molecule has 0 spiro atoms. The maximum Gasteiger partial charge on any atom is 0.230 e. The molecule has 0 aliphatic rings. The van der Waals surface area contributed by atoms with Crippen LogP contribution in [0.2, 0.25) is 0 Å². The summed E-state index contributed by atoms with van der Waals surface area (Å²) >= 11 is 0. The second-order valence-electron chi connectivity index (χ2n) is 2.99. The van der Waals surface area contributed by atoms with Gasteiger partial charge in [-0.15, -0.1) is 0 Å². The van der Waals surface area contributed by atoms with Gasteiger partial charge in [0.15, 0.2) is 0 Å². The third-order valence-corrected chi connectivity index (χ3v) is 1.37. The highest BCUT2D eigenvalue weighted by atomic mass is 16.7. The maximum absolute atomic E-state index is 9.86. The van der Waals surface area contributed by atoms with E-state index < -0.39 is 0 Å². The van der Waals surface area contributed by atoms with Crippen molar-refractivity contribution in [2.45, 2.75) is 32.3 Å². The lowest BCUT2D eigenvalue weighted by Crippen LogP contribution is -2.32. The van der Waals surface area contributed by atoms with Crippen LogP contribution < -0.4 is 11.2 Å². The fourth-order valence-corrected chi connectivity index (χ4v) is 0.762. The Bertz CT molecular complexity index is 115. The van der Waals surface area contributed by atoms with Gasteiger partial charge in [0.2, 0.25) is 6.41 Å². The number of nitrogens with two attached hydrogens (primary N) is 1. The van der Waals surface area contributed by atoms with Gasteiger partial charge < -0.3 is 5.73 Å². The average Bonchev–Trinajstić information content (AvgIpc) is 1.97. The van der Waals surface area contributed by atoms with Crippen molar-refractivity contribution in [2.24, 2.45) is 5.73 Å². The summed E-state index contributed by atoms with van der Waals surface area (Å²) in [4.78, 5) is 14.9. The molecule has 3 N–H and O–H groups in total. The fraction of sp³-hybridized carbons (Fsp3) is 0.857. The summed E-state index contributed by atoms with van der Waals surface area (Å²) < 4.78 is 0. The molecule has 0 heterocycles. The quantitative estimate of drug-likeness (QED) is 0.430. The molecule has 0 saturated heterocycles. The van der Waals surface area contributed by atoms with E-state index in [1.165, 1.54) is 0 Å². The summed E-state index contributed by atoms with van der Waals surface area (Å²) in [5, 5.41) is 0. The molecule has 0 aromatic rings. The Morgan fingerprint density at radius 1 is 1.64 bits per heavy atom. The third kappa shape index (κ3) is 5.82. The Morgan fingerprint density at radius 2 is 2.27 bits per heavy atom. The summed E-state index contributed by atoms with van der Waals surface area (Å²) in [6.07, 6.45) is 2.25. The SMILES string of the molecule is CC(C)(CCCN)ONC=O. The monoisotopic (exact) mass is 160 g/mol. The van der Waals surface area contributed by atoms with Crippen LogP contribution in [-0.2, 0) is 9.63 Å². The molecule has 0 atom stereocenters. The van der Waals surface area contributed by atoms with Crippen molar-refractivity contribution in [3.05, 3.63) is 0 Å². The second-order valence-corrected chi connectivity index (χ2v) is 2.99. The summed E-state index contributed by atoms with van der Waals surface area (Å²) in [6.45, 7) is 4.45. The summed E-state index contributed by atoms with van der Waals surface area (Å²) in [5.74, 6) is 0. The lowest BCUT2D eigenvalue weighted by atomic mass is 10.0. The molecule has 0 aliphatic heterocycles. The van der Waals surface area contributed by atoms with Crippen LogP contribution in [0.3, 0.4) is 0 Å². The van der Waals surface area contributed by atoms with Crippen molar-refractivity contribution in [3.8, 4) is 0 Å². The van der Waals surface area contributed by atoms with Gasteiger partial charge in [0, 0.05) is 0 Å². The number of carbonyl (C=O) groups excluding carboxylic acids is 1. The van der Waals surface area contributed by atoms with E-state index in [9.17, 15) is 4.79 Å². The van der Waals surface area contributed by atoms with Gasteiger partial charge in [-0.05, 0) is 33.2 Å². The molecular weight excluding hydrogens is 144 g/mol. The minimum absolute atomic E-state index is 0.319. The van der Waals surface area contributed by atoms with E-state index in [-0.39, 0.29) is 5.60 Å². The van der Waals surface area contributed by atoms with E-state index in [0.29, 0.717) is 13.0 Å². The number of hydrogen-bond acceptors (Lipinski definition) is 3. The normalized spacial score (nSPS) is 11.2. The Balaban J connectivity index is 3.51. The fourth-order valence-electron chi connectivity index (χ4n) is 0.762. The molecular formula is C7H16N2O2. The first kappa shape index (κ1) is 10.4. The first-order valence-corrected chi connectivity index (χ1v) is 3.69. The molecule has 0 aromatic heterocycles. The molecule has 1 amide bonds. The lowest BCUT2D eigenvalue weighted by molar-refractivity contribution is -0.136. The van der Waals surface area contributed by atoms with Crippen LogP contribution in [0.1, 0.15) is 26.7 Å². The van der Waals surface area contributed by atoms with Gasteiger partial charge in [0.1, 0.15) is 0 Å². The molecule has 0 unspecified atom stereocenters. The Morgan fingerprint density at radius 3 is 2.73 bits per heavy atom. The topological polar surface area (TPSA) is 64.3 Å². The maximum atomic E-state index is 9.86. The van der Waals surface area contributed by atoms with E-state index >= 15 is 0 Å². The highest BCUT2D eigenvalue weighted by molar-refractivity contribution is 5.43.